The molecular formula is C24H29N3O2. The molecule has 1 saturated heterocycles. The van der Waals surface area contributed by atoms with Gasteiger partial charge in [0.1, 0.15) is 11.6 Å². The van der Waals surface area contributed by atoms with Gasteiger partial charge in [0, 0.05) is 33.0 Å². The van der Waals surface area contributed by atoms with Crippen LogP contribution in [0, 0.1) is 0 Å². The molecule has 2 aromatic rings. The van der Waals surface area contributed by atoms with Crippen molar-refractivity contribution in [2.45, 2.75) is 37.3 Å². The number of fused-ring (bicyclic) bond motifs is 1. The Morgan fingerprint density at radius 3 is 2.31 bits per heavy atom. The molecule has 1 atom stereocenters. The molecule has 0 bridgehead atoms. The summed E-state index contributed by atoms with van der Waals surface area (Å²) in [6.45, 7) is 1.48. The van der Waals surface area contributed by atoms with Gasteiger partial charge in [0.2, 0.25) is 11.8 Å². The van der Waals surface area contributed by atoms with E-state index in [9.17, 15) is 9.59 Å². The van der Waals surface area contributed by atoms with Crippen molar-refractivity contribution in [3.63, 3.8) is 0 Å². The summed E-state index contributed by atoms with van der Waals surface area (Å²) in [6.07, 6.45) is 2.92. The van der Waals surface area contributed by atoms with Gasteiger partial charge in [-0.3, -0.25) is 14.5 Å². The Kier molecular flexibility index (Phi) is 5.41. The summed E-state index contributed by atoms with van der Waals surface area (Å²) in [5.74, 6) is -0.0196. The number of benzene rings is 2. The topological polar surface area (TPSA) is 52.7 Å². The van der Waals surface area contributed by atoms with Crippen molar-refractivity contribution in [3.8, 4) is 0 Å². The number of hydrogen-bond donors (Lipinski definition) is 1. The minimum Gasteiger partial charge on any atom is -0.344 e. The zero-order chi connectivity index (χ0) is 20.4. The van der Waals surface area contributed by atoms with E-state index in [1.807, 2.05) is 37.4 Å². The maximum atomic E-state index is 13.6. The van der Waals surface area contributed by atoms with Crippen LogP contribution in [-0.4, -0.2) is 60.4 Å². The molecule has 152 valence electrons. The quantitative estimate of drug-likeness (QED) is 0.820. The van der Waals surface area contributed by atoms with Crippen LogP contribution in [0.25, 0.3) is 0 Å². The lowest BCUT2D eigenvalue weighted by atomic mass is 9.91. The third-order valence-corrected chi connectivity index (χ3v) is 6.55. The maximum absolute atomic E-state index is 13.6. The van der Waals surface area contributed by atoms with Crippen molar-refractivity contribution in [2.75, 3.05) is 27.2 Å². The number of hydrogen-bond acceptors (Lipinski definition) is 3. The second-order valence-electron chi connectivity index (χ2n) is 8.39. The van der Waals surface area contributed by atoms with E-state index in [2.05, 4.69) is 34.5 Å². The number of carbonyl (C=O) groups excluding carboxylic acids is 2. The Labute approximate surface area is 172 Å². The van der Waals surface area contributed by atoms with Gasteiger partial charge in [0.05, 0.1) is 0 Å². The average molecular weight is 392 g/mol. The fourth-order valence-electron chi connectivity index (χ4n) is 4.60. The first-order valence-corrected chi connectivity index (χ1v) is 10.4. The predicted molar refractivity (Wildman–Crippen MR) is 114 cm³/mol. The SMILES string of the molecule is CN1CC[C@H](NC(=O)C2(N(C)CCc3ccccc3)Cc3ccccc3C2)C1=O. The molecule has 29 heavy (non-hydrogen) atoms. The van der Waals surface area contributed by atoms with Gasteiger partial charge in [-0.1, -0.05) is 54.6 Å². The minimum absolute atomic E-state index is 0.0101. The number of rotatable bonds is 6. The molecule has 0 saturated carbocycles. The smallest absolute Gasteiger partial charge is 0.244 e. The predicted octanol–water partition coefficient (Wildman–Crippen LogP) is 2.05. The van der Waals surface area contributed by atoms with Crippen molar-refractivity contribution in [2.24, 2.45) is 0 Å². The normalized spacial score (nSPS) is 20.2. The average Bonchev–Trinajstić information content (AvgIpc) is 3.29. The number of carbonyl (C=O) groups is 2. The first kappa shape index (κ1) is 19.6. The van der Waals surface area contributed by atoms with Crippen LogP contribution >= 0.6 is 0 Å². The molecule has 2 aromatic carbocycles. The molecule has 0 spiro atoms. The largest absolute Gasteiger partial charge is 0.344 e. The van der Waals surface area contributed by atoms with Crippen molar-refractivity contribution < 1.29 is 9.59 Å². The first-order valence-electron chi connectivity index (χ1n) is 10.4. The summed E-state index contributed by atoms with van der Waals surface area (Å²) >= 11 is 0. The van der Waals surface area contributed by atoms with Gasteiger partial charge in [-0.25, -0.2) is 0 Å². The summed E-state index contributed by atoms with van der Waals surface area (Å²) in [6, 6.07) is 18.2. The van der Waals surface area contributed by atoms with Gasteiger partial charge in [0.15, 0.2) is 0 Å². The molecule has 0 radical (unpaired) electrons. The molecule has 2 aliphatic rings. The van der Waals surface area contributed by atoms with Gasteiger partial charge in [-0.2, -0.15) is 0 Å². The van der Waals surface area contributed by atoms with Gasteiger partial charge < -0.3 is 10.2 Å². The zero-order valence-electron chi connectivity index (χ0n) is 17.2. The van der Waals surface area contributed by atoms with Crippen LogP contribution in [0.3, 0.4) is 0 Å². The van der Waals surface area contributed by atoms with Gasteiger partial charge in [-0.05, 0) is 36.6 Å². The lowest BCUT2D eigenvalue weighted by Gasteiger charge is -2.38. The molecule has 2 amide bonds. The highest BCUT2D eigenvalue weighted by atomic mass is 16.2. The highest BCUT2D eigenvalue weighted by Crippen LogP contribution is 2.35. The van der Waals surface area contributed by atoms with E-state index in [-0.39, 0.29) is 11.8 Å². The van der Waals surface area contributed by atoms with E-state index in [0.29, 0.717) is 25.8 Å². The van der Waals surface area contributed by atoms with Crippen LogP contribution in [0.4, 0.5) is 0 Å². The minimum atomic E-state index is -0.653. The van der Waals surface area contributed by atoms with Crippen LogP contribution < -0.4 is 5.32 Å². The number of amides is 2. The number of nitrogens with one attached hydrogen (secondary N) is 1. The molecule has 0 unspecified atom stereocenters. The monoisotopic (exact) mass is 391 g/mol. The molecule has 0 aromatic heterocycles. The third kappa shape index (κ3) is 3.79. The summed E-state index contributed by atoms with van der Waals surface area (Å²) in [4.78, 5) is 29.8. The van der Waals surface area contributed by atoms with Crippen molar-refractivity contribution in [3.05, 3.63) is 71.3 Å². The molecule has 1 aliphatic heterocycles. The van der Waals surface area contributed by atoms with Crippen molar-refractivity contribution in [1.82, 2.24) is 15.1 Å². The lowest BCUT2D eigenvalue weighted by molar-refractivity contribution is -0.137. The van der Waals surface area contributed by atoms with E-state index in [4.69, 9.17) is 0 Å². The van der Waals surface area contributed by atoms with E-state index < -0.39 is 11.6 Å². The maximum Gasteiger partial charge on any atom is 0.244 e. The molecule has 1 heterocycles. The van der Waals surface area contributed by atoms with E-state index in [1.54, 1.807) is 11.9 Å². The number of likely N-dealkylation sites (N-methyl/N-ethyl adjacent to an activating group) is 2. The summed E-state index contributed by atoms with van der Waals surface area (Å²) in [7, 11) is 3.83. The number of nitrogens with zero attached hydrogens (tertiary/aromatic N) is 2. The standard InChI is InChI=1S/C24H29N3O2/c1-26-14-13-21(22(26)28)25-23(29)24(16-19-10-6-7-11-20(19)17-24)27(2)15-12-18-8-4-3-5-9-18/h3-11,21H,12-17H2,1-2H3,(H,25,29)/t21-/m0/s1. The molecule has 5 heteroatoms. The summed E-state index contributed by atoms with van der Waals surface area (Å²) in [5, 5.41) is 3.08. The fourth-order valence-corrected chi connectivity index (χ4v) is 4.60. The van der Waals surface area contributed by atoms with Crippen molar-refractivity contribution in [1.29, 1.82) is 0 Å². The molecule has 4 rings (SSSR count). The second-order valence-corrected chi connectivity index (χ2v) is 8.39. The highest BCUT2D eigenvalue weighted by molar-refractivity contribution is 5.94. The molecular weight excluding hydrogens is 362 g/mol. The van der Waals surface area contributed by atoms with Crippen LogP contribution in [-0.2, 0) is 28.9 Å². The fraction of sp³-hybridized carbons (Fsp3) is 0.417. The molecule has 1 N–H and O–H groups in total. The first-order chi connectivity index (χ1) is 14.0. The van der Waals surface area contributed by atoms with Crippen molar-refractivity contribution >= 4 is 11.8 Å². The van der Waals surface area contributed by atoms with Crippen LogP contribution in [0.2, 0.25) is 0 Å². The van der Waals surface area contributed by atoms with Gasteiger partial charge >= 0.3 is 0 Å². The summed E-state index contributed by atoms with van der Waals surface area (Å²) < 4.78 is 0. The van der Waals surface area contributed by atoms with Crippen LogP contribution in [0.5, 0.6) is 0 Å². The molecule has 1 fully saturated rings. The van der Waals surface area contributed by atoms with Crippen LogP contribution in [0.15, 0.2) is 54.6 Å². The Hall–Kier alpha value is -2.66. The molecule has 5 nitrogen and oxygen atoms in total. The van der Waals surface area contributed by atoms with E-state index >= 15 is 0 Å². The lowest BCUT2D eigenvalue weighted by Crippen LogP contribution is -2.61. The Balaban J connectivity index is 1.55. The van der Waals surface area contributed by atoms with Gasteiger partial charge in [-0.15, -0.1) is 0 Å². The van der Waals surface area contributed by atoms with E-state index in [0.717, 1.165) is 13.0 Å². The Morgan fingerprint density at radius 1 is 1.10 bits per heavy atom. The number of likely N-dealkylation sites (tertiary alicyclic amines) is 1. The Bertz CT molecular complexity index is 871. The third-order valence-electron chi connectivity index (χ3n) is 6.55. The zero-order valence-corrected chi connectivity index (χ0v) is 17.2. The molecule has 1 aliphatic carbocycles. The Morgan fingerprint density at radius 2 is 1.72 bits per heavy atom. The summed E-state index contributed by atoms with van der Waals surface area (Å²) in [5.41, 5.74) is 3.06. The van der Waals surface area contributed by atoms with Gasteiger partial charge in [0.25, 0.3) is 0 Å². The van der Waals surface area contributed by atoms with Crippen LogP contribution in [0.1, 0.15) is 23.1 Å². The van der Waals surface area contributed by atoms with E-state index in [1.165, 1.54) is 16.7 Å². The highest BCUT2D eigenvalue weighted by Gasteiger charge is 2.48. The second kappa shape index (κ2) is 7.99.